The van der Waals surface area contributed by atoms with Crippen LogP contribution in [-0.4, -0.2) is 24.3 Å². The zero-order valence-electron chi connectivity index (χ0n) is 15.5. The first-order valence-electron chi connectivity index (χ1n) is 9.10. The van der Waals surface area contributed by atoms with Gasteiger partial charge in [0.05, 0.1) is 0 Å². The number of rotatable bonds is 4. The number of hydrogen-bond acceptors (Lipinski definition) is 3. The third-order valence-corrected chi connectivity index (χ3v) is 5.04. The highest BCUT2D eigenvalue weighted by Crippen LogP contribution is 2.39. The molecule has 3 aromatic carbocycles. The van der Waals surface area contributed by atoms with E-state index in [0.29, 0.717) is 11.4 Å². The fourth-order valence-corrected chi connectivity index (χ4v) is 3.48. The van der Waals surface area contributed by atoms with Gasteiger partial charge < -0.3 is 9.47 Å². The van der Waals surface area contributed by atoms with E-state index in [4.69, 9.17) is 21.1 Å². The second-order valence-electron chi connectivity index (χ2n) is 6.73. The smallest absolute Gasteiger partial charge is 0.412 e. The van der Waals surface area contributed by atoms with E-state index in [9.17, 15) is 4.79 Å². The fourth-order valence-electron chi connectivity index (χ4n) is 3.29. The van der Waals surface area contributed by atoms with Crippen LogP contribution in [0, 0.1) is 0 Å². The Morgan fingerprint density at radius 1 is 1.11 bits per heavy atom. The molecule has 0 radical (unpaired) electrons. The number of benzene rings is 3. The molecule has 1 heterocycles. The van der Waals surface area contributed by atoms with Crippen LogP contribution in [0.1, 0.15) is 11.1 Å². The van der Waals surface area contributed by atoms with Crippen LogP contribution in [0.2, 0.25) is 5.02 Å². The Kier molecular flexibility index (Phi) is 5.22. The van der Waals surface area contributed by atoms with Crippen LogP contribution in [0.3, 0.4) is 0 Å². The molecule has 1 amide bonds. The van der Waals surface area contributed by atoms with Gasteiger partial charge in [-0.2, -0.15) is 0 Å². The van der Waals surface area contributed by atoms with Crippen molar-refractivity contribution in [2.24, 2.45) is 0 Å². The molecule has 5 heteroatoms. The Morgan fingerprint density at radius 3 is 2.68 bits per heavy atom. The first kappa shape index (κ1) is 18.4. The maximum atomic E-state index is 12.5. The summed E-state index contributed by atoms with van der Waals surface area (Å²) in [6.45, 7) is 0.234. The van der Waals surface area contributed by atoms with Crippen LogP contribution in [0.25, 0.3) is 11.1 Å². The lowest BCUT2D eigenvalue weighted by molar-refractivity contribution is 0.0376. The summed E-state index contributed by atoms with van der Waals surface area (Å²) in [4.78, 5) is 14.0. The molecule has 1 aliphatic heterocycles. The van der Waals surface area contributed by atoms with Crippen LogP contribution in [0.4, 0.5) is 4.79 Å². The van der Waals surface area contributed by atoms with E-state index in [1.165, 1.54) is 4.90 Å². The van der Waals surface area contributed by atoms with E-state index >= 15 is 0 Å². The van der Waals surface area contributed by atoms with Crippen molar-refractivity contribution in [2.45, 2.75) is 19.3 Å². The number of ether oxygens (including phenoxy) is 2. The minimum Gasteiger partial charge on any atom is -0.469 e. The number of fused-ring (bicyclic) bond motifs is 1. The van der Waals surface area contributed by atoms with E-state index in [1.807, 2.05) is 72.8 Å². The second-order valence-corrected chi connectivity index (χ2v) is 7.17. The van der Waals surface area contributed by atoms with Crippen molar-refractivity contribution in [2.75, 3.05) is 7.05 Å². The Morgan fingerprint density at radius 2 is 1.89 bits per heavy atom. The highest BCUT2D eigenvalue weighted by atomic mass is 35.5. The lowest BCUT2D eigenvalue weighted by atomic mass is 10.0. The van der Waals surface area contributed by atoms with E-state index in [-0.39, 0.29) is 6.61 Å². The molecule has 142 valence electrons. The highest BCUT2D eigenvalue weighted by Gasteiger charge is 2.31. The number of amides is 1. The van der Waals surface area contributed by atoms with Gasteiger partial charge in [-0.25, -0.2) is 4.79 Å². The molecule has 3 aromatic rings. The minimum atomic E-state index is -0.411. The van der Waals surface area contributed by atoms with Crippen molar-refractivity contribution in [3.05, 3.63) is 88.9 Å². The van der Waals surface area contributed by atoms with Gasteiger partial charge in [-0.3, -0.25) is 4.90 Å². The van der Waals surface area contributed by atoms with Crippen LogP contribution >= 0.6 is 11.6 Å². The van der Waals surface area contributed by atoms with Gasteiger partial charge in [0.1, 0.15) is 12.4 Å². The first-order valence-corrected chi connectivity index (χ1v) is 9.47. The highest BCUT2D eigenvalue weighted by molar-refractivity contribution is 6.30. The number of halogens is 1. The third kappa shape index (κ3) is 3.82. The maximum absolute atomic E-state index is 12.5. The molecule has 0 aliphatic carbocycles. The van der Waals surface area contributed by atoms with Gasteiger partial charge in [0, 0.05) is 29.6 Å². The first-order chi connectivity index (χ1) is 13.6. The summed E-state index contributed by atoms with van der Waals surface area (Å²) in [5.74, 6) is 0.789. The molecule has 0 spiro atoms. The lowest BCUT2D eigenvalue weighted by Crippen LogP contribution is -2.40. The zero-order chi connectivity index (χ0) is 19.5. The zero-order valence-corrected chi connectivity index (χ0v) is 16.2. The van der Waals surface area contributed by atoms with Gasteiger partial charge in [-0.1, -0.05) is 72.3 Å². The number of likely N-dealkylation sites (N-methyl/N-ethyl adjacent to an activating group) is 1. The molecule has 0 aromatic heterocycles. The second kappa shape index (κ2) is 7.95. The van der Waals surface area contributed by atoms with E-state index < -0.39 is 12.3 Å². The Bertz CT molecular complexity index is 990. The van der Waals surface area contributed by atoms with E-state index in [1.54, 1.807) is 7.05 Å². The summed E-state index contributed by atoms with van der Waals surface area (Å²) in [5.41, 5.74) is 3.96. The maximum Gasteiger partial charge on any atom is 0.412 e. The molecule has 1 aliphatic rings. The molecule has 1 unspecified atom stereocenters. The average Bonchev–Trinajstić information content (AvgIpc) is 3.16. The van der Waals surface area contributed by atoms with E-state index in [0.717, 1.165) is 28.0 Å². The van der Waals surface area contributed by atoms with Gasteiger partial charge in [0.2, 0.25) is 0 Å². The van der Waals surface area contributed by atoms with Crippen LogP contribution in [0.15, 0.2) is 72.8 Å². The molecule has 28 heavy (non-hydrogen) atoms. The summed E-state index contributed by atoms with van der Waals surface area (Å²) in [6, 6.07) is 23.3. The largest absolute Gasteiger partial charge is 0.469 e. The summed E-state index contributed by atoms with van der Waals surface area (Å²) >= 11 is 6.14. The van der Waals surface area contributed by atoms with Gasteiger partial charge >= 0.3 is 6.09 Å². The summed E-state index contributed by atoms with van der Waals surface area (Å²) in [5, 5.41) is 0.672. The molecule has 0 N–H and O–H groups in total. The lowest BCUT2D eigenvalue weighted by Gasteiger charge is -2.23. The van der Waals surface area contributed by atoms with Crippen LogP contribution in [0.5, 0.6) is 5.75 Å². The molecular weight excluding hydrogens is 374 g/mol. The SMILES string of the molecule is CN(C(=O)OCc1ccccc1)C1Cc2cccc(-c3cccc(Cl)c3)c2O1. The van der Waals surface area contributed by atoms with Crippen molar-refractivity contribution in [3.8, 4) is 16.9 Å². The molecule has 1 atom stereocenters. The number of hydrogen-bond donors (Lipinski definition) is 0. The molecule has 0 saturated carbocycles. The van der Waals surface area contributed by atoms with Gasteiger partial charge in [0.15, 0.2) is 6.23 Å². The summed E-state index contributed by atoms with van der Waals surface area (Å²) in [6.07, 6.45) is -0.203. The normalized spacial score (nSPS) is 14.9. The van der Waals surface area contributed by atoms with Crippen molar-refractivity contribution in [1.82, 2.24) is 4.90 Å². The molecule has 0 fully saturated rings. The minimum absolute atomic E-state index is 0.234. The topological polar surface area (TPSA) is 38.8 Å². The number of carbonyl (C=O) groups is 1. The van der Waals surface area contributed by atoms with Crippen LogP contribution in [-0.2, 0) is 17.8 Å². The van der Waals surface area contributed by atoms with Crippen molar-refractivity contribution >= 4 is 17.7 Å². The number of para-hydroxylation sites is 1. The Balaban J connectivity index is 1.47. The predicted octanol–water partition coefficient (Wildman–Crippen LogP) is 5.54. The van der Waals surface area contributed by atoms with Gasteiger partial charge in [-0.05, 0) is 23.3 Å². The third-order valence-electron chi connectivity index (χ3n) is 4.81. The molecule has 4 rings (SSSR count). The van der Waals surface area contributed by atoms with Crippen molar-refractivity contribution < 1.29 is 14.3 Å². The Labute approximate surface area is 169 Å². The average molecular weight is 394 g/mol. The van der Waals surface area contributed by atoms with Gasteiger partial charge in [-0.15, -0.1) is 0 Å². The van der Waals surface area contributed by atoms with Gasteiger partial charge in [0.25, 0.3) is 0 Å². The summed E-state index contributed by atoms with van der Waals surface area (Å²) in [7, 11) is 1.70. The number of nitrogens with zero attached hydrogens (tertiary/aromatic N) is 1. The molecule has 0 saturated heterocycles. The predicted molar refractivity (Wildman–Crippen MR) is 109 cm³/mol. The van der Waals surface area contributed by atoms with Crippen molar-refractivity contribution in [3.63, 3.8) is 0 Å². The molecular formula is C23H20ClNO3. The fraction of sp³-hybridized carbons (Fsp3) is 0.174. The standard InChI is InChI=1S/C23H20ClNO3/c1-25(23(26)27-15-16-7-3-2-4-8-16)21-14-18-10-6-12-20(22(18)28-21)17-9-5-11-19(24)13-17/h2-13,21H,14-15H2,1H3. The quantitative estimate of drug-likeness (QED) is 0.584. The van der Waals surface area contributed by atoms with E-state index in [2.05, 4.69) is 0 Å². The van der Waals surface area contributed by atoms with Crippen molar-refractivity contribution in [1.29, 1.82) is 0 Å². The number of carbonyl (C=O) groups excluding carboxylic acids is 1. The summed E-state index contributed by atoms with van der Waals surface area (Å²) < 4.78 is 11.6. The van der Waals surface area contributed by atoms with Crippen LogP contribution < -0.4 is 4.74 Å². The molecule has 0 bridgehead atoms. The molecule has 4 nitrogen and oxygen atoms in total. The monoisotopic (exact) mass is 393 g/mol. The Hall–Kier alpha value is -2.98.